The Morgan fingerprint density at radius 3 is 2.88 bits per heavy atom. The van der Waals surface area contributed by atoms with Crippen molar-refractivity contribution in [2.24, 2.45) is 5.73 Å². The number of fused-ring (bicyclic) bond motifs is 1. The van der Waals surface area contributed by atoms with Crippen LogP contribution in [0.25, 0.3) is 0 Å². The largest absolute Gasteiger partial charge is 0.328 e. The van der Waals surface area contributed by atoms with Gasteiger partial charge in [-0.3, -0.25) is 0 Å². The van der Waals surface area contributed by atoms with Crippen molar-refractivity contribution in [3.05, 3.63) is 11.6 Å². The van der Waals surface area contributed by atoms with Gasteiger partial charge in [0.2, 0.25) is 0 Å². The minimum Gasteiger partial charge on any atom is -0.328 e. The van der Waals surface area contributed by atoms with E-state index in [9.17, 15) is 0 Å². The molecule has 0 aliphatic carbocycles. The maximum atomic E-state index is 5.75. The summed E-state index contributed by atoms with van der Waals surface area (Å²) in [5, 5.41) is 8.57. The second-order valence-electron chi connectivity index (χ2n) is 5.04. The molecular weight excluding hydrogens is 200 g/mol. The van der Waals surface area contributed by atoms with Gasteiger partial charge in [-0.15, -0.1) is 10.2 Å². The average Bonchev–Trinajstić information content (AvgIpc) is 2.76. The monoisotopic (exact) mass is 222 g/mol. The second kappa shape index (κ2) is 4.95. The topological polar surface area (TPSA) is 56.7 Å². The summed E-state index contributed by atoms with van der Waals surface area (Å²) in [5.41, 5.74) is 5.75. The fourth-order valence-electron chi connectivity index (χ4n) is 2.41. The summed E-state index contributed by atoms with van der Waals surface area (Å²) < 4.78 is 2.30. The van der Waals surface area contributed by atoms with Crippen LogP contribution in [0, 0.1) is 0 Å². The van der Waals surface area contributed by atoms with Crippen LogP contribution in [0.1, 0.15) is 57.1 Å². The van der Waals surface area contributed by atoms with E-state index in [1.54, 1.807) is 0 Å². The molecule has 1 aliphatic rings. The molecule has 90 valence electrons. The van der Waals surface area contributed by atoms with E-state index in [0.717, 1.165) is 19.4 Å². The SMILES string of the molecule is CC(N)CCCC(C)c1nnc2n1CCC2. The van der Waals surface area contributed by atoms with Crippen molar-refractivity contribution < 1.29 is 0 Å². The van der Waals surface area contributed by atoms with Crippen molar-refractivity contribution in [1.82, 2.24) is 14.8 Å². The van der Waals surface area contributed by atoms with E-state index >= 15 is 0 Å². The quantitative estimate of drug-likeness (QED) is 0.827. The molecule has 4 nitrogen and oxygen atoms in total. The zero-order valence-electron chi connectivity index (χ0n) is 10.3. The lowest BCUT2D eigenvalue weighted by Gasteiger charge is -2.12. The third-order valence-electron chi connectivity index (χ3n) is 3.38. The lowest BCUT2D eigenvalue weighted by Crippen LogP contribution is -2.14. The van der Waals surface area contributed by atoms with Crippen LogP contribution in [0.15, 0.2) is 0 Å². The molecule has 0 saturated carbocycles. The predicted octanol–water partition coefficient (Wildman–Crippen LogP) is 1.85. The molecule has 0 spiro atoms. The Balaban J connectivity index is 1.91. The van der Waals surface area contributed by atoms with E-state index < -0.39 is 0 Å². The number of hydrogen-bond donors (Lipinski definition) is 1. The van der Waals surface area contributed by atoms with Gasteiger partial charge in [0, 0.05) is 24.9 Å². The number of rotatable bonds is 5. The number of aryl methyl sites for hydroxylation is 1. The van der Waals surface area contributed by atoms with E-state index in [1.165, 1.54) is 30.9 Å². The van der Waals surface area contributed by atoms with Gasteiger partial charge in [-0.1, -0.05) is 13.3 Å². The molecule has 0 saturated heterocycles. The Morgan fingerprint density at radius 2 is 2.12 bits per heavy atom. The molecule has 0 fully saturated rings. The van der Waals surface area contributed by atoms with Crippen LogP contribution in [-0.2, 0) is 13.0 Å². The Labute approximate surface area is 97.2 Å². The lowest BCUT2D eigenvalue weighted by molar-refractivity contribution is 0.524. The molecule has 2 heterocycles. The predicted molar refractivity (Wildman–Crippen MR) is 64.3 cm³/mol. The number of hydrogen-bond acceptors (Lipinski definition) is 3. The summed E-state index contributed by atoms with van der Waals surface area (Å²) in [5.74, 6) is 2.87. The third kappa shape index (κ3) is 2.43. The van der Waals surface area contributed by atoms with Gasteiger partial charge in [0.05, 0.1) is 0 Å². The average molecular weight is 222 g/mol. The molecule has 2 unspecified atom stereocenters. The molecule has 1 aromatic rings. The summed E-state index contributed by atoms with van der Waals surface area (Å²) in [6, 6.07) is 0.316. The molecule has 2 rings (SSSR count). The van der Waals surface area contributed by atoms with Gasteiger partial charge in [0.15, 0.2) is 0 Å². The second-order valence-corrected chi connectivity index (χ2v) is 5.04. The van der Waals surface area contributed by atoms with Gasteiger partial charge in [0.1, 0.15) is 11.6 Å². The number of nitrogens with zero attached hydrogens (tertiary/aromatic N) is 3. The van der Waals surface area contributed by atoms with Crippen LogP contribution in [0.4, 0.5) is 0 Å². The first-order valence-corrected chi connectivity index (χ1v) is 6.36. The van der Waals surface area contributed by atoms with Crippen LogP contribution in [0.5, 0.6) is 0 Å². The van der Waals surface area contributed by atoms with Crippen LogP contribution in [-0.4, -0.2) is 20.8 Å². The van der Waals surface area contributed by atoms with Crippen molar-refractivity contribution in [2.45, 2.75) is 64.5 Å². The minimum atomic E-state index is 0.316. The maximum absolute atomic E-state index is 5.75. The fourth-order valence-corrected chi connectivity index (χ4v) is 2.41. The van der Waals surface area contributed by atoms with Crippen LogP contribution < -0.4 is 5.73 Å². The molecule has 2 N–H and O–H groups in total. The fraction of sp³-hybridized carbons (Fsp3) is 0.833. The van der Waals surface area contributed by atoms with Gasteiger partial charge in [-0.2, -0.15) is 0 Å². The molecule has 1 aromatic heterocycles. The zero-order valence-corrected chi connectivity index (χ0v) is 10.3. The first-order valence-electron chi connectivity index (χ1n) is 6.36. The Morgan fingerprint density at radius 1 is 1.31 bits per heavy atom. The third-order valence-corrected chi connectivity index (χ3v) is 3.38. The summed E-state index contributed by atoms with van der Waals surface area (Å²) in [6.07, 6.45) is 5.77. The Bertz CT molecular complexity index is 343. The molecule has 1 aliphatic heterocycles. The van der Waals surface area contributed by atoms with E-state index in [1.807, 2.05) is 0 Å². The lowest BCUT2D eigenvalue weighted by atomic mass is 10.0. The molecule has 2 atom stereocenters. The normalized spacial score (nSPS) is 18.4. The summed E-state index contributed by atoms with van der Waals surface area (Å²) in [4.78, 5) is 0. The first-order chi connectivity index (χ1) is 7.68. The molecule has 0 radical (unpaired) electrons. The highest BCUT2D eigenvalue weighted by Crippen LogP contribution is 2.24. The Hall–Kier alpha value is -0.900. The molecule has 16 heavy (non-hydrogen) atoms. The Kier molecular flexibility index (Phi) is 3.59. The molecular formula is C12H22N4. The molecule has 0 amide bonds. The smallest absolute Gasteiger partial charge is 0.135 e. The van der Waals surface area contributed by atoms with Crippen molar-refractivity contribution in [1.29, 1.82) is 0 Å². The van der Waals surface area contributed by atoms with Crippen LogP contribution in [0.3, 0.4) is 0 Å². The van der Waals surface area contributed by atoms with Crippen molar-refractivity contribution >= 4 is 0 Å². The van der Waals surface area contributed by atoms with Crippen LogP contribution in [0.2, 0.25) is 0 Å². The maximum Gasteiger partial charge on any atom is 0.135 e. The number of nitrogens with two attached hydrogens (primary N) is 1. The number of aromatic nitrogens is 3. The molecule has 0 aromatic carbocycles. The van der Waals surface area contributed by atoms with Gasteiger partial charge in [-0.25, -0.2) is 0 Å². The van der Waals surface area contributed by atoms with E-state index in [0.29, 0.717) is 12.0 Å². The van der Waals surface area contributed by atoms with Crippen molar-refractivity contribution in [2.75, 3.05) is 0 Å². The van der Waals surface area contributed by atoms with Gasteiger partial charge in [0.25, 0.3) is 0 Å². The highest BCUT2D eigenvalue weighted by molar-refractivity contribution is 5.04. The van der Waals surface area contributed by atoms with Crippen molar-refractivity contribution in [3.8, 4) is 0 Å². The van der Waals surface area contributed by atoms with Gasteiger partial charge < -0.3 is 10.3 Å². The zero-order chi connectivity index (χ0) is 11.5. The molecule has 0 bridgehead atoms. The van der Waals surface area contributed by atoms with E-state index in [-0.39, 0.29) is 0 Å². The molecule has 4 heteroatoms. The standard InChI is InChI=1S/C12H22N4/c1-9(5-3-6-10(2)13)12-15-14-11-7-4-8-16(11)12/h9-10H,3-8,13H2,1-2H3. The highest BCUT2D eigenvalue weighted by Gasteiger charge is 2.20. The van der Waals surface area contributed by atoms with E-state index in [4.69, 9.17) is 5.73 Å². The van der Waals surface area contributed by atoms with Crippen molar-refractivity contribution in [3.63, 3.8) is 0 Å². The first kappa shape index (κ1) is 11.6. The minimum absolute atomic E-state index is 0.316. The van der Waals surface area contributed by atoms with Gasteiger partial charge in [-0.05, 0) is 26.2 Å². The summed E-state index contributed by atoms with van der Waals surface area (Å²) in [6.45, 7) is 5.42. The highest BCUT2D eigenvalue weighted by atomic mass is 15.3. The van der Waals surface area contributed by atoms with Crippen LogP contribution >= 0.6 is 0 Å². The van der Waals surface area contributed by atoms with E-state index in [2.05, 4.69) is 28.6 Å². The summed E-state index contributed by atoms with van der Waals surface area (Å²) in [7, 11) is 0. The summed E-state index contributed by atoms with van der Waals surface area (Å²) >= 11 is 0. The van der Waals surface area contributed by atoms with Gasteiger partial charge >= 0.3 is 0 Å².